The van der Waals surface area contributed by atoms with E-state index in [1.165, 1.54) is 0 Å². The van der Waals surface area contributed by atoms with Crippen LogP contribution in [-0.2, 0) is 0 Å². The molecule has 1 aliphatic rings. The Morgan fingerprint density at radius 3 is 2.40 bits per heavy atom. The fourth-order valence-electron chi connectivity index (χ4n) is 3.30. The maximum atomic E-state index is 4.69. The van der Waals surface area contributed by atoms with Crippen LogP contribution in [0, 0.1) is 6.92 Å². The molecule has 8 heteroatoms. The lowest BCUT2D eigenvalue weighted by molar-refractivity contribution is 0.636. The van der Waals surface area contributed by atoms with Crippen molar-refractivity contribution in [3.8, 4) is 0 Å². The van der Waals surface area contributed by atoms with Crippen LogP contribution in [0.4, 0.5) is 11.6 Å². The van der Waals surface area contributed by atoms with E-state index < -0.39 is 0 Å². The third-order valence-corrected chi connectivity index (χ3v) is 4.60. The average molecular weight is 334 g/mol. The van der Waals surface area contributed by atoms with E-state index in [0.29, 0.717) is 0 Å². The van der Waals surface area contributed by atoms with Crippen LogP contribution < -0.4 is 9.80 Å². The minimum absolute atomic E-state index is 0.877. The molecule has 4 aromatic rings. The fourth-order valence-corrected chi connectivity index (χ4v) is 3.30. The maximum absolute atomic E-state index is 4.69. The Morgan fingerprint density at radius 1 is 0.800 bits per heavy atom. The van der Waals surface area contributed by atoms with Crippen LogP contribution >= 0.6 is 0 Å². The largest absolute Gasteiger partial charge is 0.353 e. The quantitative estimate of drug-likeness (QED) is 0.552. The van der Waals surface area contributed by atoms with Crippen molar-refractivity contribution in [1.82, 2.24) is 29.2 Å². The van der Waals surface area contributed by atoms with E-state index in [0.717, 1.165) is 54.8 Å². The van der Waals surface area contributed by atoms with Gasteiger partial charge in [0, 0.05) is 38.4 Å². The molecular formula is C17H18N8. The summed E-state index contributed by atoms with van der Waals surface area (Å²) in [5.74, 6) is 1.99. The van der Waals surface area contributed by atoms with E-state index >= 15 is 0 Å². The highest BCUT2D eigenvalue weighted by Crippen LogP contribution is 2.18. The van der Waals surface area contributed by atoms with E-state index in [1.54, 1.807) is 10.7 Å². The Kier molecular flexibility index (Phi) is 3.09. The van der Waals surface area contributed by atoms with Crippen LogP contribution in [0.15, 0.2) is 42.9 Å². The summed E-state index contributed by atoms with van der Waals surface area (Å²) in [7, 11) is 0. The van der Waals surface area contributed by atoms with Crippen LogP contribution in [-0.4, -0.2) is 55.4 Å². The van der Waals surface area contributed by atoms with Gasteiger partial charge in [0.15, 0.2) is 11.3 Å². The van der Waals surface area contributed by atoms with E-state index in [1.807, 2.05) is 48.1 Å². The van der Waals surface area contributed by atoms with Gasteiger partial charge < -0.3 is 9.80 Å². The summed E-state index contributed by atoms with van der Waals surface area (Å²) in [5, 5.41) is 8.88. The molecule has 0 aromatic carbocycles. The maximum Gasteiger partial charge on any atom is 0.157 e. The van der Waals surface area contributed by atoms with Gasteiger partial charge in [0.05, 0.1) is 18.1 Å². The zero-order valence-electron chi connectivity index (χ0n) is 13.9. The van der Waals surface area contributed by atoms with E-state index in [2.05, 4.69) is 30.0 Å². The van der Waals surface area contributed by atoms with Crippen LogP contribution in [0.5, 0.6) is 0 Å². The summed E-state index contributed by atoms with van der Waals surface area (Å²) >= 11 is 0. The topological polar surface area (TPSA) is 66.9 Å². The second-order valence-electron chi connectivity index (χ2n) is 6.27. The summed E-state index contributed by atoms with van der Waals surface area (Å²) in [6.07, 6.45) is 5.68. The van der Waals surface area contributed by atoms with Gasteiger partial charge in [-0.2, -0.15) is 5.10 Å². The average Bonchev–Trinajstić information content (AvgIpc) is 3.25. The predicted molar refractivity (Wildman–Crippen MR) is 95.1 cm³/mol. The minimum atomic E-state index is 0.877. The summed E-state index contributed by atoms with van der Waals surface area (Å²) < 4.78 is 3.64. The Bertz CT molecular complexity index is 1040. The van der Waals surface area contributed by atoms with Crippen molar-refractivity contribution in [3.05, 3.63) is 48.5 Å². The molecule has 25 heavy (non-hydrogen) atoms. The van der Waals surface area contributed by atoms with Crippen LogP contribution in [0.3, 0.4) is 0 Å². The Hall–Kier alpha value is -3.16. The van der Waals surface area contributed by atoms with Crippen molar-refractivity contribution in [3.63, 3.8) is 0 Å². The van der Waals surface area contributed by atoms with Crippen LogP contribution in [0.25, 0.3) is 11.3 Å². The first-order valence-electron chi connectivity index (χ1n) is 8.40. The number of nitrogens with zero attached hydrogens (tertiary/aromatic N) is 8. The molecule has 1 aliphatic heterocycles. The molecule has 0 saturated carbocycles. The molecule has 4 aromatic heterocycles. The highest BCUT2D eigenvalue weighted by atomic mass is 15.4. The van der Waals surface area contributed by atoms with Gasteiger partial charge in [-0.1, -0.05) is 0 Å². The molecule has 5 heterocycles. The molecule has 0 N–H and O–H groups in total. The van der Waals surface area contributed by atoms with Gasteiger partial charge in [0.25, 0.3) is 0 Å². The molecule has 126 valence electrons. The number of hydrogen-bond acceptors (Lipinski definition) is 6. The van der Waals surface area contributed by atoms with Gasteiger partial charge in [0.2, 0.25) is 0 Å². The smallest absolute Gasteiger partial charge is 0.157 e. The number of hydrogen-bond donors (Lipinski definition) is 0. The molecule has 0 spiro atoms. The number of rotatable bonds is 2. The fraction of sp³-hybridized carbons (Fsp3) is 0.294. The van der Waals surface area contributed by atoms with Crippen molar-refractivity contribution in [1.29, 1.82) is 0 Å². The van der Waals surface area contributed by atoms with Gasteiger partial charge >= 0.3 is 0 Å². The Labute approximate surface area is 144 Å². The van der Waals surface area contributed by atoms with Gasteiger partial charge in [-0.05, 0) is 25.1 Å². The van der Waals surface area contributed by atoms with Crippen molar-refractivity contribution in [2.75, 3.05) is 36.0 Å². The van der Waals surface area contributed by atoms with Gasteiger partial charge in [-0.25, -0.2) is 19.0 Å². The van der Waals surface area contributed by atoms with E-state index in [4.69, 9.17) is 0 Å². The molecule has 1 saturated heterocycles. The predicted octanol–water partition coefficient (Wildman–Crippen LogP) is 1.41. The number of imidazole rings is 1. The SMILES string of the molecule is Cc1cn2nc(N3CCN(c4ccn5nccc5n4)CC3)ccc2n1. The summed E-state index contributed by atoms with van der Waals surface area (Å²) in [6, 6.07) is 8.02. The number of fused-ring (bicyclic) bond motifs is 2. The summed E-state index contributed by atoms with van der Waals surface area (Å²) in [6.45, 7) is 5.65. The first-order valence-corrected chi connectivity index (χ1v) is 8.40. The van der Waals surface area contributed by atoms with Crippen molar-refractivity contribution >= 4 is 22.9 Å². The molecule has 5 rings (SSSR count). The third kappa shape index (κ3) is 2.46. The zero-order chi connectivity index (χ0) is 16.8. The number of anilines is 2. The van der Waals surface area contributed by atoms with Crippen LogP contribution in [0.2, 0.25) is 0 Å². The first-order chi connectivity index (χ1) is 12.3. The van der Waals surface area contributed by atoms with Gasteiger partial charge in [0.1, 0.15) is 11.6 Å². The highest BCUT2D eigenvalue weighted by Gasteiger charge is 2.20. The third-order valence-electron chi connectivity index (χ3n) is 4.60. The molecular weight excluding hydrogens is 316 g/mol. The Balaban J connectivity index is 1.34. The van der Waals surface area contributed by atoms with Crippen molar-refractivity contribution in [2.24, 2.45) is 0 Å². The summed E-state index contributed by atoms with van der Waals surface area (Å²) in [5.41, 5.74) is 2.75. The molecule has 0 atom stereocenters. The molecule has 8 nitrogen and oxygen atoms in total. The van der Waals surface area contributed by atoms with Crippen molar-refractivity contribution in [2.45, 2.75) is 6.92 Å². The monoisotopic (exact) mass is 334 g/mol. The number of piperazine rings is 1. The zero-order valence-corrected chi connectivity index (χ0v) is 13.9. The summed E-state index contributed by atoms with van der Waals surface area (Å²) in [4.78, 5) is 13.7. The first kappa shape index (κ1) is 14.2. The van der Waals surface area contributed by atoms with E-state index in [-0.39, 0.29) is 0 Å². The van der Waals surface area contributed by atoms with Crippen molar-refractivity contribution < 1.29 is 0 Å². The molecule has 0 aliphatic carbocycles. The Morgan fingerprint density at radius 2 is 1.56 bits per heavy atom. The lowest BCUT2D eigenvalue weighted by Gasteiger charge is -2.35. The standard InChI is InChI=1S/C17H18N8/c1-13-12-25-15(19-13)2-3-17(21-25)23-10-8-22(9-11-23)14-5-7-24-16(20-14)4-6-18-24/h2-7,12H,8-11H2,1H3. The lowest BCUT2D eigenvalue weighted by atomic mass is 10.3. The highest BCUT2D eigenvalue weighted by molar-refractivity contribution is 5.51. The minimum Gasteiger partial charge on any atom is -0.353 e. The lowest BCUT2D eigenvalue weighted by Crippen LogP contribution is -2.47. The second kappa shape index (κ2) is 5.44. The van der Waals surface area contributed by atoms with Crippen LogP contribution in [0.1, 0.15) is 5.69 Å². The number of aryl methyl sites for hydroxylation is 1. The normalized spacial score (nSPS) is 15.4. The molecule has 1 fully saturated rings. The van der Waals surface area contributed by atoms with Gasteiger partial charge in [-0.3, -0.25) is 0 Å². The number of aromatic nitrogens is 6. The molecule has 0 unspecified atom stereocenters. The molecule has 0 radical (unpaired) electrons. The van der Waals surface area contributed by atoms with E-state index in [9.17, 15) is 0 Å². The van der Waals surface area contributed by atoms with Gasteiger partial charge in [-0.15, -0.1) is 5.10 Å². The molecule has 0 bridgehead atoms. The molecule has 0 amide bonds. The second-order valence-corrected chi connectivity index (χ2v) is 6.27.